The lowest BCUT2D eigenvalue weighted by atomic mass is 9.91. The molecule has 2 rings (SSSR count). The van der Waals surface area contributed by atoms with Gasteiger partial charge in [-0.2, -0.15) is 0 Å². The summed E-state index contributed by atoms with van der Waals surface area (Å²) in [5.41, 5.74) is 1.73. The molecule has 0 bridgehead atoms. The molecule has 2 aliphatic rings. The highest BCUT2D eigenvalue weighted by Crippen LogP contribution is 2.29. The SMILES string of the molecule is CC1CNCC/C1=C/C1CCCC1. The van der Waals surface area contributed by atoms with Gasteiger partial charge in [0.15, 0.2) is 0 Å². The number of nitrogens with one attached hydrogen (secondary N) is 1. The largest absolute Gasteiger partial charge is 0.316 e. The minimum Gasteiger partial charge on any atom is -0.316 e. The molecule has 1 atom stereocenters. The van der Waals surface area contributed by atoms with E-state index >= 15 is 0 Å². The summed E-state index contributed by atoms with van der Waals surface area (Å²) in [5, 5.41) is 3.45. The molecule has 1 N–H and O–H groups in total. The van der Waals surface area contributed by atoms with E-state index in [0.29, 0.717) is 0 Å². The average Bonchev–Trinajstić information content (AvgIpc) is 2.61. The Hall–Kier alpha value is -0.300. The Bertz CT molecular complexity index is 189. The van der Waals surface area contributed by atoms with E-state index in [2.05, 4.69) is 18.3 Å². The van der Waals surface area contributed by atoms with E-state index in [0.717, 1.165) is 11.8 Å². The lowest BCUT2D eigenvalue weighted by molar-refractivity contribution is 0.492. The minimum atomic E-state index is 0.786. The Morgan fingerprint density at radius 3 is 2.77 bits per heavy atom. The average molecular weight is 179 g/mol. The van der Waals surface area contributed by atoms with Gasteiger partial charge in [0.25, 0.3) is 0 Å². The van der Waals surface area contributed by atoms with E-state index in [4.69, 9.17) is 0 Å². The van der Waals surface area contributed by atoms with E-state index in [9.17, 15) is 0 Å². The molecular formula is C12H21N. The highest BCUT2D eigenvalue weighted by atomic mass is 14.9. The van der Waals surface area contributed by atoms with E-state index in [1.165, 1.54) is 45.2 Å². The Morgan fingerprint density at radius 1 is 1.31 bits per heavy atom. The minimum absolute atomic E-state index is 0.786. The molecule has 0 aromatic rings. The van der Waals surface area contributed by atoms with E-state index < -0.39 is 0 Å². The molecule has 1 saturated heterocycles. The van der Waals surface area contributed by atoms with Gasteiger partial charge in [-0.3, -0.25) is 0 Å². The second-order valence-corrected chi connectivity index (χ2v) is 4.64. The molecule has 0 amide bonds. The maximum atomic E-state index is 3.45. The topological polar surface area (TPSA) is 12.0 Å². The highest BCUT2D eigenvalue weighted by Gasteiger charge is 2.17. The van der Waals surface area contributed by atoms with Crippen LogP contribution < -0.4 is 5.32 Å². The van der Waals surface area contributed by atoms with Gasteiger partial charge in [0.05, 0.1) is 0 Å². The zero-order valence-electron chi connectivity index (χ0n) is 8.68. The van der Waals surface area contributed by atoms with Gasteiger partial charge in [-0.25, -0.2) is 0 Å². The maximum Gasteiger partial charge on any atom is 0.00143 e. The van der Waals surface area contributed by atoms with Crippen LogP contribution in [0.25, 0.3) is 0 Å². The fraction of sp³-hybridized carbons (Fsp3) is 0.833. The first kappa shape index (κ1) is 9.26. The molecule has 2 fully saturated rings. The van der Waals surface area contributed by atoms with Crippen molar-refractivity contribution in [3.63, 3.8) is 0 Å². The number of allylic oxidation sites excluding steroid dienone is 1. The lowest BCUT2D eigenvalue weighted by Gasteiger charge is -2.24. The van der Waals surface area contributed by atoms with Crippen molar-refractivity contribution in [2.75, 3.05) is 13.1 Å². The Kier molecular flexibility index (Phi) is 3.05. The van der Waals surface area contributed by atoms with Crippen molar-refractivity contribution in [1.29, 1.82) is 0 Å². The van der Waals surface area contributed by atoms with Gasteiger partial charge in [-0.15, -0.1) is 0 Å². The van der Waals surface area contributed by atoms with Crippen molar-refractivity contribution < 1.29 is 0 Å². The molecule has 1 aliphatic carbocycles. The fourth-order valence-electron chi connectivity index (χ4n) is 2.60. The molecule has 1 heterocycles. The van der Waals surface area contributed by atoms with Gasteiger partial charge in [0.1, 0.15) is 0 Å². The highest BCUT2D eigenvalue weighted by molar-refractivity contribution is 5.11. The number of piperidine rings is 1. The van der Waals surface area contributed by atoms with Gasteiger partial charge in [-0.05, 0) is 37.6 Å². The summed E-state index contributed by atoms with van der Waals surface area (Å²) in [6, 6.07) is 0. The third-order valence-corrected chi connectivity index (χ3v) is 3.52. The normalized spacial score (nSPS) is 34.2. The quantitative estimate of drug-likeness (QED) is 0.610. The number of rotatable bonds is 1. The number of hydrogen-bond acceptors (Lipinski definition) is 1. The van der Waals surface area contributed by atoms with Crippen LogP contribution in [0.3, 0.4) is 0 Å². The molecule has 1 heteroatoms. The first-order valence-corrected chi connectivity index (χ1v) is 5.77. The first-order chi connectivity index (χ1) is 6.36. The van der Waals surface area contributed by atoms with Crippen molar-refractivity contribution in [2.24, 2.45) is 11.8 Å². The van der Waals surface area contributed by atoms with Crippen LogP contribution in [0.15, 0.2) is 11.6 Å². The summed E-state index contributed by atoms with van der Waals surface area (Å²) in [4.78, 5) is 0. The van der Waals surface area contributed by atoms with Gasteiger partial charge in [-0.1, -0.05) is 31.4 Å². The predicted molar refractivity (Wildman–Crippen MR) is 56.7 cm³/mol. The molecular weight excluding hydrogens is 158 g/mol. The Balaban J connectivity index is 1.95. The molecule has 1 nitrogen and oxygen atoms in total. The van der Waals surface area contributed by atoms with Crippen molar-refractivity contribution in [3.8, 4) is 0 Å². The van der Waals surface area contributed by atoms with Crippen molar-refractivity contribution >= 4 is 0 Å². The van der Waals surface area contributed by atoms with Crippen LogP contribution in [0.4, 0.5) is 0 Å². The van der Waals surface area contributed by atoms with Gasteiger partial charge in [0, 0.05) is 6.54 Å². The van der Waals surface area contributed by atoms with Gasteiger partial charge in [0.2, 0.25) is 0 Å². The third kappa shape index (κ3) is 2.34. The standard InChI is InChI=1S/C12H21N/c1-10-9-13-7-6-12(10)8-11-4-2-3-5-11/h8,10-11,13H,2-7,9H2,1H3/b12-8-. The Labute approximate surface area is 81.6 Å². The molecule has 0 spiro atoms. The van der Waals surface area contributed by atoms with Crippen molar-refractivity contribution in [2.45, 2.75) is 39.0 Å². The van der Waals surface area contributed by atoms with Crippen LogP contribution >= 0.6 is 0 Å². The van der Waals surface area contributed by atoms with E-state index in [1.54, 1.807) is 5.57 Å². The molecule has 0 aromatic carbocycles. The van der Waals surface area contributed by atoms with Crippen LogP contribution in [-0.2, 0) is 0 Å². The molecule has 1 saturated carbocycles. The molecule has 13 heavy (non-hydrogen) atoms. The summed E-state index contributed by atoms with van der Waals surface area (Å²) in [6.07, 6.45) is 9.70. The number of hydrogen-bond donors (Lipinski definition) is 1. The lowest BCUT2D eigenvalue weighted by Crippen LogP contribution is -2.30. The molecule has 1 aliphatic heterocycles. The summed E-state index contributed by atoms with van der Waals surface area (Å²) in [5.74, 6) is 1.71. The Morgan fingerprint density at radius 2 is 2.08 bits per heavy atom. The summed E-state index contributed by atoms with van der Waals surface area (Å²) in [6.45, 7) is 4.74. The monoisotopic (exact) mass is 179 g/mol. The second-order valence-electron chi connectivity index (χ2n) is 4.64. The summed E-state index contributed by atoms with van der Waals surface area (Å²) >= 11 is 0. The van der Waals surface area contributed by atoms with Crippen LogP contribution in [0, 0.1) is 11.8 Å². The van der Waals surface area contributed by atoms with Crippen LogP contribution in [0.5, 0.6) is 0 Å². The molecule has 0 radical (unpaired) electrons. The third-order valence-electron chi connectivity index (χ3n) is 3.52. The first-order valence-electron chi connectivity index (χ1n) is 5.77. The zero-order chi connectivity index (χ0) is 9.10. The van der Waals surface area contributed by atoms with E-state index in [1.807, 2.05) is 0 Å². The van der Waals surface area contributed by atoms with Gasteiger partial charge >= 0.3 is 0 Å². The second kappa shape index (κ2) is 4.28. The van der Waals surface area contributed by atoms with E-state index in [-0.39, 0.29) is 0 Å². The zero-order valence-corrected chi connectivity index (χ0v) is 8.68. The van der Waals surface area contributed by atoms with Crippen LogP contribution in [-0.4, -0.2) is 13.1 Å². The predicted octanol–water partition coefficient (Wildman–Crippen LogP) is 2.73. The maximum absolute atomic E-state index is 3.45. The fourth-order valence-corrected chi connectivity index (χ4v) is 2.60. The van der Waals surface area contributed by atoms with Crippen molar-refractivity contribution in [3.05, 3.63) is 11.6 Å². The summed E-state index contributed by atoms with van der Waals surface area (Å²) in [7, 11) is 0. The van der Waals surface area contributed by atoms with Crippen molar-refractivity contribution in [1.82, 2.24) is 5.32 Å². The smallest absolute Gasteiger partial charge is 0.00143 e. The van der Waals surface area contributed by atoms with Crippen LogP contribution in [0.2, 0.25) is 0 Å². The van der Waals surface area contributed by atoms with Crippen LogP contribution in [0.1, 0.15) is 39.0 Å². The summed E-state index contributed by atoms with van der Waals surface area (Å²) < 4.78 is 0. The molecule has 74 valence electrons. The van der Waals surface area contributed by atoms with Gasteiger partial charge < -0.3 is 5.32 Å². The molecule has 1 unspecified atom stereocenters. The molecule has 0 aromatic heterocycles.